The number of hydrogen-bond donors (Lipinski definition) is 3. The predicted octanol–water partition coefficient (Wildman–Crippen LogP) is -0.116. The molecule has 7 heteroatoms. The lowest BCUT2D eigenvalue weighted by molar-refractivity contribution is -0.121. The van der Waals surface area contributed by atoms with Gasteiger partial charge in [0.2, 0.25) is 5.91 Å². The molecule has 7 nitrogen and oxygen atoms in total. The van der Waals surface area contributed by atoms with Crippen molar-refractivity contribution in [2.45, 2.75) is 38.8 Å². The van der Waals surface area contributed by atoms with Crippen LogP contribution in [0.5, 0.6) is 0 Å². The quantitative estimate of drug-likeness (QED) is 0.667. The van der Waals surface area contributed by atoms with Crippen LogP contribution >= 0.6 is 0 Å². The van der Waals surface area contributed by atoms with Gasteiger partial charge in [-0.2, -0.15) is 5.10 Å². The molecule has 0 atom stereocenters. The monoisotopic (exact) mass is 265 g/mol. The maximum atomic E-state index is 11.9. The van der Waals surface area contributed by atoms with Gasteiger partial charge in [0.25, 0.3) is 5.91 Å². The fourth-order valence-electron chi connectivity index (χ4n) is 1.79. The Hall–Kier alpha value is -2.05. The Morgan fingerprint density at radius 2 is 2.26 bits per heavy atom. The molecule has 0 bridgehead atoms. The van der Waals surface area contributed by atoms with Crippen molar-refractivity contribution >= 4 is 17.5 Å². The summed E-state index contributed by atoms with van der Waals surface area (Å²) in [6.45, 7) is 2.75. The highest BCUT2D eigenvalue weighted by atomic mass is 16.2. The zero-order valence-corrected chi connectivity index (χ0v) is 11.0. The average molecular weight is 265 g/mol. The number of nitrogens with two attached hydrogens (primary N) is 1. The zero-order valence-electron chi connectivity index (χ0n) is 11.0. The summed E-state index contributed by atoms with van der Waals surface area (Å²) in [7, 11) is 0. The second-order valence-electron chi connectivity index (χ2n) is 4.61. The average Bonchev–Trinajstić information content (AvgIpc) is 3.09. The van der Waals surface area contributed by atoms with Crippen molar-refractivity contribution in [3.63, 3.8) is 0 Å². The Bertz CT molecular complexity index is 478. The highest BCUT2D eigenvalue weighted by Gasteiger charge is 2.23. The van der Waals surface area contributed by atoms with Crippen LogP contribution in [-0.4, -0.2) is 34.2 Å². The number of nitrogens with zero attached hydrogens (tertiary/aromatic N) is 2. The van der Waals surface area contributed by atoms with Gasteiger partial charge in [-0.05, 0) is 19.8 Å². The summed E-state index contributed by atoms with van der Waals surface area (Å²) >= 11 is 0. The van der Waals surface area contributed by atoms with Crippen molar-refractivity contribution in [1.82, 2.24) is 20.4 Å². The minimum atomic E-state index is -0.295. The molecule has 1 aliphatic carbocycles. The molecular formula is C12H19N5O2. The fraction of sp³-hybridized carbons (Fsp3) is 0.583. The van der Waals surface area contributed by atoms with Crippen LogP contribution < -0.4 is 16.4 Å². The maximum absolute atomic E-state index is 11.9. The molecule has 0 unspecified atom stereocenters. The van der Waals surface area contributed by atoms with E-state index in [9.17, 15) is 9.59 Å². The number of aryl methyl sites for hydroxylation is 1. The number of aromatic nitrogens is 2. The molecular weight excluding hydrogens is 246 g/mol. The molecule has 1 heterocycles. The van der Waals surface area contributed by atoms with Gasteiger partial charge < -0.3 is 16.4 Å². The van der Waals surface area contributed by atoms with Crippen LogP contribution in [0.1, 0.15) is 36.7 Å². The van der Waals surface area contributed by atoms with Gasteiger partial charge in [-0.3, -0.25) is 14.3 Å². The predicted molar refractivity (Wildman–Crippen MR) is 70.4 cm³/mol. The van der Waals surface area contributed by atoms with E-state index in [1.807, 2.05) is 6.92 Å². The molecule has 1 aromatic heterocycles. The van der Waals surface area contributed by atoms with Crippen LogP contribution in [0.15, 0.2) is 6.20 Å². The molecule has 19 heavy (non-hydrogen) atoms. The topological polar surface area (TPSA) is 102 Å². The molecule has 0 aliphatic heterocycles. The van der Waals surface area contributed by atoms with Crippen LogP contribution in [0.25, 0.3) is 0 Å². The first-order valence-corrected chi connectivity index (χ1v) is 6.50. The zero-order chi connectivity index (χ0) is 13.8. The Morgan fingerprint density at radius 3 is 2.89 bits per heavy atom. The number of carbonyl (C=O) groups excluding carboxylic acids is 2. The molecule has 0 aromatic carbocycles. The van der Waals surface area contributed by atoms with Crippen molar-refractivity contribution < 1.29 is 9.59 Å². The van der Waals surface area contributed by atoms with E-state index in [-0.39, 0.29) is 18.2 Å². The summed E-state index contributed by atoms with van der Waals surface area (Å²) in [6.07, 6.45) is 3.86. The van der Waals surface area contributed by atoms with Gasteiger partial charge in [0, 0.05) is 25.6 Å². The third kappa shape index (κ3) is 3.46. The van der Waals surface area contributed by atoms with Crippen LogP contribution in [0.2, 0.25) is 0 Å². The summed E-state index contributed by atoms with van der Waals surface area (Å²) < 4.78 is 1.54. The van der Waals surface area contributed by atoms with E-state index < -0.39 is 0 Å². The van der Waals surface area contributed by atoms with Crippen molar-refractivity contribution in [2.24, 2.45) is 0 Å². The van der Waals surface area contributed by atoms with Crippen LogP contribution in [0.3, 0.4) is 0 Å². The third-order valence-electron chi connectivity index (χ3n) is 2.96. The number of nitrogen functional groups attached to an aromatic ring is 1. The minimum Gasteiger partial charge on any atom is -0.396 e. The van der Waals surface area contributed by atoms with E-state index in [0.717, 1.165) is 12.8 Å². The molecule has 0 saturated heterocycles. The Morgan fingerprint density at radius 1 is 1.53 bits per heavy atom. The molecule has 0 spiro atoms. The number of hydrogen-bond acceptors (Lipinski definition) is 4. The lowest BCUT2D eigenvalue weighted by Gasteiger charge is -2.08. The van der Waals surface area contributed by atoms with Gasteiger partial charge >= 0.3 is 0 Å². The molecule has 104 valence electrons. The van der Waals surface area contributed by atoms with E-state index >= 15 is 0 Å². The molecule has 1 aliphatic rings. The largest absolute Gasteiger partial charge is 0.396 e. The van der Waals surface area contributed by atoms with Gasteiger partial charge in [0.15, 0.2) is 0 Å². The number of anilines is 1. The summed E-state index contributed by atoms with van der Waals surface area (Å²) in [6, 6.07) is 0.348. The lowest BCUT2D eigenvalue weighted by atomic mass is 10.3. The molecule has 1 aromatic rings. The first-order valence-electron chi connectivity index (χ1n) is 6.50. The van der Waals surface area contributed by atoms with Gasteiger partial charge in [-0.25, -0.2) is 0 Å². The molecule has 0 radical (unpaired) electrons. The minimum absolute atomic E-state index is 0.0280. The van der Waals surface area contributed by atoms with Gasteiger partial charge in [0.1, 0.15) is 5.69 Å². The first-order chi connectivity index (χ1) is 9.11. The Balaban J connectivity index is 1.80. The third-order valence-corrected chi connectivity index (χ3v) is 2.96. The molecule has 4 N–H and O–H groups in total. The second-order valence-corrected chi connectivity index (χ2v) is 4.61. The number of amides is 2. The molecule has 2 amide bonds. The number of nitrogens with one attached hydrogen (secondary N) is 2. The molecule has 1 saturated carbocycles. The second kappa shape index (κ2) is 5.73. The summed E-state index contributed by atoms with van der Waals surface area (Å²) in [5.74, 6) is -0.323. The lowest BCUT2D eigenvalue weighted by Crippen LogP contribution is -2.32. The number of rotatable bonds is 6. The Kier molecular flexibility index (Phi) is 4.03. The van der Waals surface area contributed by atoms with Crippen LogP contribution in [0.4, 0.5) is 5.69 Å². The van der Waals surface area contributed by atoms with Crippen LogP contribution in [0, 0.1) is 0 Å². The molecule has 1 fully saturated rings. The highest BCUT2D eigenvalue weighted by molar-refractivity contribution is 5.97. The fourth-order valence-corrected chi connectivity index (χ4v) is 1.79. The van der Waals surface area contributed by atoms with E-state index in [2.05, 4.69) is 15.7 Å². The van der Waals surface area contributed by atoms with E-state index in [1.165, 1.54) is 10.9 Å². The summed E-state index contributed by atoms with van der Waals surface area (Å²) in [5.41, 5.74) is 6.40. The van der Waals surface area contributed by atoms with E-state index in [1.54, 1.807) is 0 Å². The molecule has 2 rings (SSSR count). The standard InChI is InChI=1S/C12H19N5O2/c1-2-17-11(9(13)7-15-17)12(19)14-6-5-10(18)16-8-3-4-8/h7-8H,2-6,13H2,1H3,(H,14,19)(H,16,18). The Labute approximate surface area is 111 Å². The van der Waals surface area contributed by atoms with E-state index in [0.29, 0.717) is 30.5 Å². The maximum Gasteiger partial charge on any atom is 0.271 e. The van der Waals surface area contributed by atoms with Crippen molar-refractivity contribution in [3.05, 3.63) is 11.9 Å². The van der Waals surface area contributed by atoms with Gasteiger partial charge in [0.05, 0.1) is 11.9 Å². The van der Waals surface area contributed by atoms with E-state index in [4.69, 9.17) is 5.73 Å². The summed E-state index contributed by atoms with van der Waals surface area (Å²) in [5, 5.41) is 9.55. The highest BCUT2D eigenvalue weighted by Crippen LogP contribution is 2.18. The first kappa shape index (κ1) is 13.4. The van der Waals surface area contributed by atoms with Crippen molar-refractivity contribution in [2.75, 3.05) is 12.3 Å². The summed E-state index contributed by atoms with van der Waals surface area (Å²) in [4.78, 5) is 23.4. The van der Waals surface area contributed by atoms with Crippen molar-refractivity contribution in [3.8, 4) is 0 Å². The number of carbonyl (C=O) groups is 2. The SMILES string of the molecule is CCn1ncc(N)c1C(=O)NCCC(=O)NC1CC1. The van der Waals surface area contributed by atoms with Gasteiger partial charge in [-0.1, -0.05) is 0 Å². The smallest absolute Gasteiger partial charge is 0.271 e. The van der Waals surface area contributed by atoms with Crippen LogP contribution in [-0.2, 0) is 11.3 Å². The van der Waals surface area contributed by atoms with Gasteiger partial charge in [-0.15, -0.1) is 0 Å². The van der Waals surface area contributed by atoms with Crippen molar-refractivity contribution in [1.29, 1.82) is 0 Å². The normalized spacial score (nSPS) is 14.2.